The Balaban J connectivity index is 2.04. The number of rotatable bonds is 4. The predicted octanol–water partition coefficient (Wildman–Crippen LogP) is 0.900. The highest BCUT2D eigenvalue weighted by Gasteiger charge is 2.29. The molecular weight excluding hydrogens is 228 g/mol. The van der Waals surface area contributed by atoms with Gasteiger partial charge in [0, 0.05) is 18.3 Å². The van der Waals surface area contributed by atoms with E-state index in [-0.39, 0.29) is 5.91 Å². The first-order chi connectivity index (χ1) is 8.60. The second-order valence-electron chi connectivity index (χ2n) is 4.36. The maximum atomic E-state index is 12.1. The molecule has 1 aromatic carbocycles. The molecule has 0 radical (unpaired) electrons. The van der Waals surface area contributed by atoms with Crippen molar-refractivity contribution in [1.29, 1.82) is 0 Å². The number of aromatic nitrogens is 2. The molecule has 2 aromatic rings. The molecule has 0 saturated heterocycles. The Bertz CT molecular complexity index is 505. The number of hydrogen-bond acceptors (Lipinski definition) is 3. The number of nitrogens with two attached hydrogens (primary N) is 1. The van der Waals surface area contributed by atoms with Gasteiger partial charge in [-0.2, -0.15) is 5.10 Å². The van der Waals surface area contributed by atoms with Crippen LogP contribution >= 0.6 is 0 Å². The van der Waals surface area contributed by atoms with E-state index in [0.29, 0.717) is 6.54 Å². The Labute approximate surface area is 105 Å². The normalized spacial score (nSPS) is 13.9. The number of nitrogens with zero attached hydrogens (tertiary/aromatic N) is 1. The van der Waals surface area contributed by atoms with Gasteiger partial charge in [0.1, 0.15) is 5.54 Å². The van der Waals surface area contributed by atoms with Crippen LogP contribution in [0.4, 0.5) is 0 Å². The first-order valence-electron chi connectivity index (χ1n) is 5.71. The molecule has 1 amide bonds. The molecule has 1 unspecified atom stereocenters. The summed E-state index contributed by atoms with van der Waals surface area (Å²) in [4.78, 5) is 12.1. The van der Waals surface area contributed by atoms with Crippen molar-refractivity contribution >= 4 is 5.91 Å². The van der Waals surface area contributed by atoms with Gasteiger partial charge in [-0.1, -0.05) is 30.3 Å². The molecule has 0 aliphatic heterocycles. The van der Waals surface area contributed by atoms with Crippen molar-refractivity contribution in [3.63, 3.8) is 0 Å². The van der Waals surface area contributed by atoms with E-state index in [1.54, 1.807) is 19.3 Å². The van der Waals surface area contributed by atoms with Crippen molar-refractivity contribution in [3.8, 4) is 0 Å². The lowest BCUT2D eigenvalue weighted by atomic mass is 9.92. The van der Waals surface area contributed by atoms with Crippen LogP contribution in [0.3, 0.4) is 0 Å². The summed E-state index contributed by atoms with van der Waals surface area (Å²) in [5.41, 5.74) is 6.75. The molecule has 2 rings (SSSR count). The summed E-state index contributed by atoms with van der Waals surface area (Å²) in [5.74, 6) is -0.213. The molecule has 0 fully saturated rings. The Hall–Kier alpha value is -2.14. The number of aromatic amines is 1. The Morgan fingerprint density at radius 1 is 1.44 bits per heavy atom. The van der Waals surface area contributed by atoms with Crippen molar-refractivity contribution in [1.82, 2.24) is 15.5 Å². The van der Waals surface area contributed by atoms with Crippen LogP contribution in [0.2, 0.25) is 0 Å². The van der Waals surface area contributed by atoms with Gasteiger partial charge in [0.25, 0.3) is 0 Å². The first kappa shape index (κ1) is 12.3. The lowest BCUT2D eigenvalue weighted by Gasteiger charge is -2.23. The lowest BCUT2D eigenvalue weighted by Crippen LogP contribution is -2.48. The van der Waals surface area contributed by atoms with Crippen LogP contribution < -0.4 is 11.1 Å². The summed E-state index contributed by atoms with van der Waals surface area (Å²) >= 11 is 0. The third kappa shape index (κ3) is 2.57. The maximum Gasteiger partial charge on any atom is 0.244 e. The van der Waals surface area contributed by atoms with E-state index in [1.165, 1.54) is 0 Å². The van der Waals surface area contributed by atoms with Crippen LogP contribution in [0.15, 0.2) is 42.7 Å². The molecule has 5 heteroatoms. The molecule has 0 saturated carbocycles. The van der Waals surface area contributed by atoms with E-state index in [0.717, 1.165) is 11.1 Å². The van der Waals surface area contributed by atoms with Crippen molar-refractivity contribution in [2.24, 2.45) is 5.73 Å². The molecule has 0 aliphatic carbocycles. The van der Waals surface area contributed by atoms with Gasteiger partial charge in [0.05, 0.1) is 6.20 Å². The molecule has 94 valence electrons. The zero-order chi connectivity index (χ0) is 13.0. The highest BCUT2D eigenvalue weighted by Crippen LogP contribution is 2.17. The molecule has 1 heterocycles. The van der Waals surface area contributed by atoms with Gasteiger partial charge < -0.3 is 11.1 Å². The Morgan fingerprint density at radius 3 is 2.78 bits per heavy atom. The van der Waals surface area contributed by atoms with Crippen molar-refractivity contribution in [3.05, 3.63) is 53.9 Å². The summed E-state index contributed by atoms with van der Waals surface area (Å²) in [6, 6.07) is 9.31. The predicted molar refractivity (Wildman–Crippen MR) is 68.4 cm³/mol. The zero-order valence-corrected chi connectivity index (χ0v) is 10.2. The summed E-state index contributed by atoms with van der Waals surface area (Å²) in [7, 11) is 0. The van der Waals surface area contributed by atoms with E-state index in [9.17, 15) is 4.79 Å². The van der Waals surface area contributed by atoms with Crippen molar-refractivity contribution in [2.75, 3.05) is 0 Å². The van der Waals surface area contributed by atoms with E-state index in [2.05, 4.69) is 15.5 Å². The number of carbonyl (C=O) groups excluding carboxylic acids is 1. The van der Waals surface area contributed by atoms with E-state index in [4.69, 9.17) is 5.73 Å². The summed E-state index contributed by atoms with van der Waals surface area (Å²) in [6.07, 6.45) is 3.40. The fourth-order valence-electron chi connectivity index (χ4n) is 1.66. The number of hydrogen-bond donors (Lipinski definition) is 3. The molecule has 0 bridgehead atoms. The SMILES string of the molecule is CC(N)(C(=O)NCc1cn[nH]c1)c1ccccc1. The molecule has 4 N–H and O–H groups in total. The minimum absolute atomic E-state index is 0.213. The second-order valence-corrected chi connectivity index (χ2v) is 4.36. The van der Waals surface area contributed by atoms with Crippen LogP contribution in [0, 0.1) is 0 Å². The molecule has 18 heavy (non-hydrogen) atoms. The van der Waals surface area contributed by atoms with Gasteiger partial charge in [-0.25, -0.2) is 0 Å². The topological polar surface area (TPSA) is 83.8 Å². The standard InChI is InChI=1S/C13H16N4O/c1-13(14,11-5-3-2-4-6-11)12(18)15-7-10-8-16-17-9-10/h2-6,8-9H,7,14H2,1H3,(H,15,18)(H,16,17). The summed E-state index contributed by atoms with van der Waals surface area (Å²) in [6.45, 7) is 2.11. The van der Waals surface area contributed by atoms with Crippen LogP contribution in [0.25, 0.3) is 0 Å². The fourth-order valence-corrected chi connectivity index (χ4v) is 1.66. The number of benzene rings is 1. The van der Waals surface area contributed by atoms with E-state index >= 15 is 0 Å². The van der Waals surface area contributed by atoms with Gasteiger partial charge in [0.15, 0.2) is 0 Å². The minimum Gasteiger partial charge on any atom is -0.350 e. The van der Waals surface area contributed by atoms with Gasteiger partial charge in [-0.15, -0.1) is 0 Å². The van der Waals surface area contributed by atoms with Gasteiger partial charge in [-0.05, 0) is 12.5 Å². The van der Waals surface area contributed by atoms with Crippen LogP contribution in [0.1, 0.15) is 18.1 Å². The molecule has 0 spiro atoms. The van der Waals surface area contributed by atoms with E-state index < -0.39 is 5.54 Å². The summed E-state index contributed by atoms with van der Waals surface area (Å²) < 4.78 is 0. The average Bonchev–Trinajstić information content (AvgIpc) is 2.90. The lowest BCUT2D eigenvalue weighted by molar-refractivity contribution is -0.126. The van der Waals surface area contributed by atoms with Crippen molar-refractivity contribution < 1.29 is 4.79 Å². The molecule has 5 nitrogen and oxygen atoms in total. The van der Waals surface area contributed by atoms with Crippen LogP contribution in [0.5, 0.6) is 0 Å². The van der Waals surface area contributed by atoms with Crippen LogP contribution in [-0.4, -0.2) is 16.1 Å². The maximum absolute atomic E-state index is 12.1. The quantitative estimate of drug-likeness (QED) is 0.747. The van der Waals surface area contributed by atoms with Crippen LogP contribution in [-0.2, 0) is 16.9 Å². The molecule has 0 aliphatic rings. The molecular formula is C13H16N4O. The smallest absolute Gasteiger partial charge is 0.244 e. The third-order valence-corrected chi connectivity index (χ3v) is 2.85. The molecule has 1 aromatic heterocycles. The van der Waals surface area contributed by atoms with Gasteiger partial charge >= 0.3 is 0 Å². The second kappa shape index (κ2) is 5.01. The average molecular weight is 244 g/mol. The molecule has 1 atom stereocenters. The number of carbonyl (C=O) groups is 1. The monoisotopic (exact) mass is 244 g/mol. The van der Waals surface area contributed by atoms with Gasteiger partial charge in [-0.3, -0.25) is 9.89 Å². The number of nitrogens with one attached hydrogen (secondary N) is 2. The van der Waals surface area contributed by atoms with E-state index in [1.807, 2.05) is 30.3 Å². The third-order valence-electron chi connectivity index (χ3n) is 2.85. The van der Waals surface area contributed by atoms with Crippen molar-refractivity contribution in [2.45, 2.75) is 19.0 Å². The number of amides is 1. The first-order valence-corrected chi connectivity index (χ1v) is 5.71. The Morgan fingerprint density at radius 2 is 2.17 bits per heavy atom. The largest absolute Gasteiger partial charge is 0.350 e. The Kier molecular flexibility index (Phi) is 3.43. The fraction of sp³-hybridized carbons (Fsp3) is 0.231. The number of H-pyrrole nitrogens is 1. The highest BCUT2D eigenvalue weighted by molar-refractivity contribution is 5.86. The highest BCUT2D eigenvalue weighted by atomic mass is 16.2. The summed E-state index contributed by atoms with van der Waals surface area (Å²) in [5, 5.41) is 9.30. The van der Waals surface area contributed by atoms with Gasteiger partial charge in [0.2, 0.25) is 5.91 Å². The minimum atomic E-state index is -1.04. The zero-order valence-electron chi connectivity index (χ0n) is 10.2.